The average molecular weight is 152 g/mol. The molecule has 2 heterocycles. The van der Waals surface area contributed by atoms with E-state index in [0.717, 1.165) is 10.8 Å². The van der Waals surface area contributed by atoms with Gasteiger partial charge in [-0.1, -0.05) is 0 Å². The van der Waals surface area contributed by atoms with E-state index in [1.165, 1.54) is 11.3 Å². The molecule has 50 valence electrons. The molecule has 0 fully saturated rings. The van der Waals surface area contributed by atoms with Crippen LogP contribution in [-0.4, -0.2) is 10.2 Å². The van der Waals surface area contributed by atoms with Crippen LogP contribution in [0, 0.1) is 0 Å². The number of nitrogens with zero attached hydrogens (tertiary/aromatic N) is 1. The summed E-state index contributed by atoms with van der Waals surface area (Å²) in [6.07, 6.45) is 1.65. The van der Waals surface area contributed by atoms with E-state index in [2.05, 4.69) is 10.2 Å². The van der Waals surface area contributed by atoms with Gasteiger partial charge in [0, 0.05) is 16.1 Å². The quantitative estimate of drug-likeness (QED) is 0.611. The van der Waals surface area contributed by atoms with Crippen LogP contribution in [0.4, 0.5) is 0 Å². The normalized spacial score (nSPS) is 10.4. The fourth-order valence-electron chi connectivity index (χ4n) is 0.812. The molecule has 0 atom stereocenters. The molecular weight excluding hydrogens is 148 g/mol. The highest BCUT2D eigenvalue weighted by Crippen LogP contribution is 2.11. The zero-order valence-electron chi connectivity index (χ0n) is 5.00. The highest BCUT2D eigenvalue weighted by atomic mass is 32.1. The fraction of sp³-hybridized carbons (Fsp3) is 0. The van der Waals surface area contributed by atoms with Crippen molar-refractivity contribution in [3.05, 3.63) is 27.3 Å². The molecule has 2 aromatic rings. The van der Waals surface area contributed by atoms with E-state index in [1.807, 2.05) is 10.8 Å². The molecule has 0 aliphatic heterocycles. The number of hydrogen-bond donors (Lipinski definition) is 1. The summed E-state index contributed by atoms with van der Waals surface area (Å²) >= 11 is 1.51. The van der Waals surface area contributed by atoms with Gasteiger partial charge in [-0.15, -0.1) is 0 Å². The molecule has 0 radical (unpaired) electrons. The Morgan fingerprint density at radius 3 is 3.20 bits per heavy atom. The molecule has 0 amide bonds. The summed E-state index contributed by atoms with van der Waals surface area (Å²) in [4.78, 5) is 10.9. The van der Waals surface area contributed by atoms with Gasteiger partial charge in [0.05, 0.1) is 11.6 Å². The molecule has 0 spiro atoms. The van der Waals surface area contributed by atoms with Crippen molar-refractivity contribution in [2.24, 2.45) is 0 Å². The van der Waals surface area contributed by atoms with Crippen LogP contribution in [-0.2, 0) is 0 Å². The van der Waals surface area contributed by atoms with Crippen molar-refractivity contribution in [2.75, 3.05) is 0 Å². The van der Waals surface area contributed by atoms with Crippen molar-refractivity contribution >= 4 is 22.1 Å². The molecule has 0 saturated heterocycles. The van der Waals surface area contributed by atoms with E-state index >= 15 is 0 Å². The lowest BCUT2D eigenvalue weighted by Crippen LogP contribution is -2.05. The molecule has 4 heteroatoms. The highest BCUT2D eigenvalue weighted by molar-refractivity contribution is 7.09. The topological polar surface area (TPSA) is 45.8 Å². The standard InChI is InChI=1S/C6H4N2OS/c9-6-5-3-10-2-4(5)1-7-8-6/h1-3H,(H,8,9). The summed E-state index contributed by atoms with van der Waals surface area (Å²) in [5, 5.41) is 11.4. The van der Waals surface area contributed by atoms with Gasteiger partial charge < -0.3 is 0 Å². The molecule has 0 aromatic carbocycles. The first-order valence-electron chi connectivity index (χ1n) is 2.77. The third-order valence-corrected chi connectivity index (χ3v) is 2.07. The summed E-state index contributed by atoms with van der Waals surface area (Å²) in [5.41, 5.74) is -0.112. The fourth-order valence-corrected chi connectivity index (χ4v) is 1.59. The van der Waals surface area contributed by atoms with Crippen LogP contribution < -0.4 is 5.56 Å². The maximum atomic E-state index is 10.9. The van der Waals surface area contributed by atoms with E-state index in [-0.39, 0.29) is 5.56 Å². The van der Waals surface area contributed by atoms with Crippen LogP contribution in [0.3, 0.4) is 0 Å². The third kappa shape index (κ3) is 0.657. The molecule has 0 aliphatic rings. The highest BCUT2D eigenvalue weighted by Gasteiger charge is 1.96. The Balaban J connectivity index is 3.09. The maximum absolute atomic E-state index is 10.9. The number of thiophene rings is 1. The lowest BCUT2D eigenvalue weighted by molar-refractivity contribution is 1.01. The largest absolute Gasteiger partial charge is 0.272 e. The van der Waals surface area contributed by atoms with Crippen molar-refractivity contribution in [3.8, 4) is 0 Å². The van der Waals surface area contributed by atoms with Gasteiger partial charge in [0.15, 0.2) is 0 Å². The Morgan fingerprint density at radius 2 is 2.40 bits per heavy atom. The molecular formula is C6H4N2OS. The molecule has 0 unspecified atom stereocenters. The Bertz CT molecular complexity index is 403. The lowest BCUT2D eigenvalue weighted by atomic mass is 10.3. The number of fused-ring (bicyclic) bond motifs is 1. The Hall–Kier alpha value is -1.16. The Morgan fingerprint density at radius 1 is 1.50 bits per heavy atom. The van der Waals surface area contributed by atoms with Crippen molar-refractivity contribution in [2.45, 2.75) is 0 Å². The maximum Gasteiger partial charge on any atom is 0.272 e. The molecule has 1 N–H and O–H groups in total. The minimum atomic E-state index is -0.112. The van der Waals surface area contributed by atoms with Crippen molar-refractivity contribution in [1.29, 1.82) is 0 Å². The first-order valence-corrected chi connectivity index (χ1v) is 3.72. The van der Waals surface area contributed by atoms with Gasteiger partial charge in [0.2, 0.25) is 0 Å². The summed E-state index contributed by atoms with van der Waals surface area (Å²) in [7, 11) is 0. The molecule has 2 aromatic heterocycles. The van der Waals surface area contributed by atoms with Crippen LogP contribution in [0.15, 0.2) is 21.8 Å². The second-order valence-electron chi connectivity index (χ2n) is 1.94. The van der Waals surface area contributed by atoms with Crippen LogP contribution in [0.5, 0.6) is 0 Å². The number of aromatic nitrogens is 2. The van der Waals surface area contributed by atoms with Gasteiger partial charge in [-0.3, -0.25) is 4.79 Å². The van der Waals surface area contributed by atoms with Crippen LogP contribution in [0.25, 0.3) is 10.8 Å². The minimum Gasteiger partial charge on any atom is -0.267 e. The predicted octanol–water partition coefficient (Wildman–Crippen LogP) is 0.985. The number of nitrogens with one attached hydrogen (secondary N) is 1. The zero-order valence-corrected chi connectivity index (χ0v) is 5.81. The van der Waals surface area contributed by atoms with E-state index in [9.17, 15) is 4.79 Å². The molecule has 10 heavy (non-hydrogen) atoms. The monoisotopic (exact) mass is 152 g/mol. The number of H-pyrrole nitrogens is 1. The Kier molecular flexibility index (Phi) is 1.07. The van der Waals surface area contributed by atoms with Crippen molar-refractivity contribution in [3.63, 3.8) is 0 Å². The summed E-state index contributed by atoms with van der Waals surface area (Å²) in [6, 6.07) is 0. The number of hydrogen-bond acceptors (Lipinski definition) is 3. The average Bonchev–Trinajstić information content (AvgIpc) is 2.36. The summed E-state index contributed by atoms with van der Waals surface area (Å²) < 4.78 is 0. The van der Waals surface area contributed by atoms with Gasteiger partial charge in [-0.2, -0.15) is 16.4 Å². The lowest BCUT2D eigenvalue weighted by Gasteiger charge is -1.82. The van der Waals surface area contributed by atoms with E-state index < -0.39 is 0 Å². The second-order valence-corrected chi connectivity index (χ2v) is 2.68. The Labute approximate surface area is 60.3 Å². The minimum absolute atomic E-state index is 0.112. The van der Waals surface area contributed by atoms with Crippen LogP contribution in [0.1, 0.15) is 0 Å². The van der Waals surface area contributed by atoms with Crippen molar-refractivity contribution in [1.82, 2.24) is 10.2 Å². The predicted molar refractivity (Wildman–Crippen MR) is 40.2 cm³/mol. The van der Waals surface area contributed by atoms with Crippen LogP contribution in [0.2, 0.25) is 0 Å². The second kappa shape index (κ2) is 1.91. The smallest absolute Gasteiger partial charge is 0.267 e. The molecule has 0 bridgehead atoms. The summed E-state index contributed by atoms with van der Waals surface area (Å²) in [6.45, 7) is 0. The molecule has 0 aliphatic carbocycles. The van der Waals surface area contributed by atoms with Crippen molar-refractivity contribution < 1.29 is 0 Å². The van der Waals surface area contributed by atoms with Crippen LogP contribution >= 0.6 is 11.3 Å². The third-order valence-electron chi connectivity index (χ3n) is 1.31. The first-order chi connectivity index (χ1) is 4.88. The van der Waals surface area contributed by atoms with Gasteiger partial charge in [-0.25, -0.2) is 5.10 Å². The molecule has 0 saturated carbocycles. The van der Waals surface area contributed by atoms with Gasteiger partial charge in [-0.05, 0) is 0 Å². The SMILES string of the molecule is O=c1[nH]ncc2cscc12. The van der Waals surface area contributed by atoms with Gasteiger partial charge >= 0.3 is 0 Å². The first kappa shape index (κ1) is 5.61. The van der Waals surface area contributed by atoms with Gasteiger partial charge in [0.1, 0.15) is 0 Å². The van der Waals surface area contributed by atoms with E-state index in [4.69, 9.17) is 0 Å². The molecule has 3 nitrogen and oxygen atoms in total. The number of aromatic amines is 1. The summed E-state index contributed by atoms with van der Waals surface area (Å²) in [5.74, 6) is 0. The van der Waals surface area contributed by atoms with E-state index in [1.54, 1.807) is 6.20 Å². The van der Waals surface area contributed by atoms with Gasteiger partial charge in [0.25, 0.3) is 5.56 Å². The molecule has 2 rings (SSSR count). The number of rotatable bonds is 0. The van der Waals surface area contributed by atoms with E-state index in [0.29, 0.717) is 0 Å². The zero-order chi connectivity index (χ0) is 6.97.